The summed E-state index contributed by atoms with van der Waals surface area (Å²) in [7, 11) is 0. The first-order valence-electron chi connectivity index (χ1n) is 12.2. The predicted octanol–water partition coefficient (Wildman–Crippen LogP) is 2.79. The molecule has 2 amide bonds. The molecule has 188 valence electrons. The van der Waals surface area contributed by atoms with Gasteiger partial charge in [-0.25, -0.2) is 0 Å². The van der Waals surface area contributed by atoms with Crippen molar-refractivity contribution in [2.75, 3.05) is 26.3 Å². The Bertz CT molecular complexity index is 1000. The smallest absolute Gasteiger partial charge is 0.311 e. The van der Waals surface area contributed by atoms with E-state index in [0.29, 0.717) is 25.9 Å². The van der Waals surface area contributed by atoms with Crippen LogP contribution in [0.3, 0.4) is 0 Å². The second-order valence-electron chi connectivity index (χ2n) is 9.75. The lowest BCUT2D eigenvalue weighted by molar-refractivity contribution is -0.154. The molecule has 35 heavy (non-hydrogen) atoms. The van der Waals surface area contributed by atoms with E-state index in [4.69, 9.17) is 4.74 Å². The van der Waals surface area contributed by atoms with E-state index in [-0.39, 0.29) is 31.6 Å². The van der Waals surface area contributed by atoms with Gasteiger partial charge in [-0.2, -0.15) is 0 Å². The minimum Gasteiger partial charge on any atom is -0.461 e. The molecule has 3 heterocycles. The summed E-state index contributed by atoms with van der Waals surface area (Å²) in [5.74, 6) is -1.98. The van der Waals surface area contributed by atoms with Crippen molar-refractivity contribution < 1.29 is 24.2 Å². The fraction of sp³-hybridized carbons (Fsp3) is 0.519. The summed E-state index contributed by atoms with van der Waals surface area (Å²) in [5, 5.41) is 9.50. The number of fused-ring (bicyclic) bond motifs is 1. The maximum Gasteiger partial charge on any atom is 0.311 e. The minimum absolute atomic E-state index is 0.0849. The average molecular weight is 499 g/mol. The molecule has 1 N–H and O–H groups in total. The minimum atomic E-state index is -0.709. The number of thioether (sulfide) groups is 1. The Kier molecular flexibility index (Phi) is 7.43. The maximum atomic E-state index is 14.2. The molecule has 1 aromatic rings. The first kappa shape index (κ1) is 25.5. The van der Waals surface area contributed by atoms with Crippen molar-refractivity contribution in [1.82, 2.24) is 9.80 Å². The standard InChI is InChI=1S/C27H34N2O5S/c1-4-14-28(18-19-10-7-6-8-11-19)24(32)22-27-13-12-26(3,35-27)21(25(33)34-17-5-2)20(27)23(31)29(22)15-9-16-30/h4-8,10-11,20-22,30H,1-2,9,12-18H2,3H3/t20-,21+,22?,26-,27?/m0/s1. The van der Waals surface area contributed by atoms with Gasteiger partial charge in [-0.05, 0) is 31.7 Å². The molecule has 0 saturated carbocycles. The van der Waals surface area contributed by atoms with Crippen LogP contribution < -0.4 is 0 Å². The van der Waals surface area contributed by atoms with E-state index in [1.165, 1.54) is 6.08 Å². The van der Waals surface area contributed by atoms with Gasteiger partial charge < -0.3 is 19.6 Å². The Balaban J connectivity index is 1.72. The van der Waals surface area contributed by atoms with Gasteiger partial charge in [0.15, 0.2) is 0 Å². The first-order chi connectivity index (χ1) is 16.8. The highest BCUT2D eigenvalue weighted by Crippen LogP contribution is 2.71. The first-order valence-corrected chi connectivity index (χ1v) is 13.0. The molecule has 5 atom stereocenters. The summed E-state index contributed by atoms with van der Waals surface area (Å²) in [5.41, 5.74) is 0.990. The number of rotatable bonds is 11. The second-order valence-corrected chi connectivity index (χ2v) is 11.6. The Morgan fingerprint density at radius 1 is 1.26 bits per heavy atom. The number of aliphatic hydroxyl groups excluding tert-OH is 1. The van der Waals surface area contributed by atoms with Crippen molar-refractivity contribution in [1.29, 1.82) is 0 Å². The van der Waals surface area contributed by atoms with Gasteiger partial charge in [0.05, 0.1) is 16.6 Å². The quantitative estimate of drug-likeness (QED) is 0.373. The van der Waals surface area contributed by atoms with Crippen LogP contribution in [0.5, 0.6) is 0 Å². The maximum absolute atomic E-state index is 14.2. The highest BCUT2D eigenvalue weighted by atomic mass is 32.2. The van der Waals surface area contributed by atoms with E-state index in [9.17, 15) is 19.5 Å². The summed E-state index contributed by atoms with van der Waals surface area (Å²) in [6.07, 6.45) is 4.98. The molecular weight excluding hydrogens is 464 g/mol. The Hall–Kier alpha value is -2.58. The molecule has 8 heteroatoms. The number of ether oxygens (including phenoxy) is 1. The number of benzene rings is 1. The van der Waals surface area contributed by atoms with Crippen LogP contribution in [-0.4, -0.2) is 74.5 Å². The molecule has 3 aliphatic rings. The van der Waals surface area contributed by atoms with Gasteiger partial charge in [0.2, 0.25) is 11.8 Å². The zero-order chi connectivity index (χ0) is 25.2. The van der Waals surface area contributed by atoms with Crippen molar-refractivity contribution in [3.05, 3.63) is 61.2 Å². The van der Waals surface area contributed by atoms with Gasteiger partial charge in [-0.3, -0.25) is 14.4 Å². The van der Waals surface area contributed by atoms with E-state index >= 15 is 0 Å². The van der Waals surface area contributed by atoms with Crippen LogP contribution in [-0.2, 0) is 25.7 Å². The zero-order valence-electron chi connectivity index (χ0n) is 20.2. The van der Waals surface area contributed by atoms with Crippen LogP contribution in [0.1, 0.15) is 31.7 Å². The number of amides is 2. The topological polar surface area (TPSA) is 87.1 Å². The van der Waals surface area contributed by atoms with E-state index in [1.54, 1.807) is 27.6 Å². The fourth-order valence-electron chi connectivity index (χ4n) is 6.14. The number of hydrogen-bond donors (Lipinski definition) is 1. The SMILES string of the molecule is C=CCOC(=O)[C@H]1[C@H]2C(=O)N(CCCO)C(C(=O)N(CC=C)Cc3ccccc3)C23CC[C@]1(C)S3. The monoisotopic (exact) mass is 498 g/mol. The molecule has 3 fully saturated rings. The zero-order valence-corrected chi connectivity index (χ0v) is 21.0. The molecule has 3 saturated heterocycles. The lowest BCUT2D eigenvalue weighted by atomic mass is 9.66. The summed E-state index contributed by atoms with van der Waals surface area (Å²) >= 11 is 1.62. The number of nitrogens with zero attached hydrogens (tertiary/aromatic N) is 2. The average Bonchev–Trinajstić information content (AvgIpc) is 3.42. The molecular formula is C27H34N2O5S. The highest BCUT2D eigenvalue weighted by Gasteiger charge is 2.77. The van der Waals surface area contributed by atoms with Gasteiger partial charge in [-0.15, -0.1) is 18.3 Å². The van der Waals surface area contributed by atoms with Crippen LogP contribution in [0.4, 0.5) is 0 Å². The molecule has 0 aliphatic carbocycles. The molecule has 3 aliphatic heterocycles. The van der Waals surface area contributed by atoms with Crippen LogP contribution >= 0.6 is 11.8 Å². The molecule has 2 bridgehead atoms. The fourth-order valence-corrected chi connectivity index (χ4v) is 8.48. The molecule has 7 nitrogen and oxygen atoms in total. The van der Waals surface area contributed by atoms with E-state index in [2.05, 4.69) is 13.2 Å². The summed E-state index contributed by atoms with van der Waals surface area (Å²) in [4.78, 5) is 44.6. The lowest BCUT2D eigenvalue weighted by Crippen LogP contribution is -2.54. The Labute approximate surface area is 211 Å². The second kappa shape index (κ2) is 10.2. The molecule has 0 radical (unpaired) electrons. The van der Waals surface area contributed by atoms with E-state index in [1.807, 2.05) is 37.3 Å². The number of esters is 1. The van der Waals surface area contributed by atoms with Gasteiger partial charge in [-0.1, -0.05) is 49.1 Å². The molecule has 0 aromatic heterocycles. The summed E-state index contributed by atoms with van der Waals surface area (Å²) < 4.78 is 4.26. The van der Waals surface area contributed by atoms with Crippen LogP contribution in [0, 0.1) is 11.8 Å². The third-order valence-electron chi connectivity index (χ3n) is 7.54. The molecule has 2 unspecified atom stereocenters. The van der Waals surface area contributed by atoms with Gasteiger partial charge in [0.25, 0.3) is 0 Å². The van der Waals surface area contributed by atoms with Crippen LogP contribution in [0.25, 0.3) is 0 Å². The number of carbonyl (C=O) groups is 3. The van der Waals surface area contributed by atoms with Crippen molar-refractivity contribution in [2.24, 2.45) is 11.8 Å². The van der Waals surface area contributed by atoms with Crippen molar-refractivity contribution in [3.63, 3.8) is 0 Å². The lowest BCUT2D eigenvalue weighted by Gasteiger charge is -2.37. The number of likely N-dealkylation sites (tertiary alicyclic amines) is 1. The summed E-state index contributed by atoms with van der Waals surface area (Å²) in [6, 6.07) is 9.02. The van der Waals surface area contributed by atoms with Crippen molar-refractivity contribution in [3.8, 4) is 0 Å². The number of hydrogen-bond acceptors (Lipinski definition) is 6. The van der Waals surface area contributed by atoms with Gasteiger partial charge in [0, 0.05) is 31.0 Å². The molecule has 1 spiro atoms. The molecule has 1 aromatic carbocycles. The Morgan fingerprint density at radius 3 is 2.66 bits per heavy atom. The van der Waals surface area contributed by atoms with Crippen LogP contribution in [0.15, 0.2) is 55.6 Å². The molecule has 4 rings (SSSR count). The van der Waals surface area contributed by atoms with Crippen LogP contribution in [0.2, 0.25) is 0 Å². The Morgan fingerprint density at radius 2 is 2.00 bits per heavy atom. The van der Waals surface area contributed by atoms with Gasteiger partial charge >= 0.3 is 5.97 Å². The van der Waals surface area contributed by atoms with Gasteiger partial charge in [0.1, 0.15) is 12.6 Å². The largest absolute Gasteiger partial charge is 0.461 e. The predicted molar refractivity (Wildman–Crippen MR) is 135 cm³/mol. The van der Waals surface area contributed by atoms with E-state index in [0.717, 1.165) is 12.0 Å². The normalized spacial score (nSPS) is 30.7. The third kappa shape index (κ3) is 4.31. The van der Waals surface area contributed by atoms with Crippen molar-refractivity contribution in [2.45, 2.75) is 48.3 Å². The number of aliphatic hydroxyl groups is 1. The summed E-state index contributed by atoms with van der Waals surface area (Å²) in [6.45, 7) is 10.5. The number of carbonyl (C=O) groups excluding carboxylic acids is 3. The third-order valence-corrected chi connectivity index (χ3v) is 9.53. The van der Waals surface area contributed by atoms with E-state index < -0.39 is 33.3 Å². The highest BCUT2D eigenvalue weighted by molar-refractivity contribution is 8.02. The van der Waals surface area contributed by atoms with Crippen molar-refractivity contribution >= 4 is 29.5 Å².